The Morgan fingerprint density at radius 2 is 1.62 bits per heavy atom. The number of aryl methyl sites for hydroxylation is 2. The zero-order chi connectivity index (χ0) is 23.4. The van der Waals surface area contributed by atoms with Gasteiger partial charge >= 0.3 is 0 Å². The number of hydrogen-bond acceptors (Lipinski definition) is 4. The van der Waals surface area contributed by atoms with E-state index in [-0.39, 0.29) is 16.8 Å². The standard InChI is InChI=1S/C24H22FN3O4/c1-15-8-6-9-16(2)21(15)26-23(29)22(17-10-7-11-18(14-17)28(31)32)27(3)24(30)19-12-4-5-13-20(19)25/h4-14,22H,1-3H3,(H,26,29). The number of carbonyl (C=O) groups is 2. The monoisotopic (exact) mass is 435 g/mol. The fourth-order valence-corrected chi connectivity index (χ4v) is 3.50. The number of anilines is 1. The van der Waals surface area contributed by atoms with Gasteiger partial charge in [0.25, 0.3) is 17.5 Å². The topological polar surface area (TPSA) is 92.5 Å². The zero-order valence-electron chi connectivity index (χ0n) is 17.8. The Bertz CT molecular complexity index is 1180. The van der Waals surface area contributed by atoms with Gasteiger partial charge < -0.3 is 10.2 Å². The van der Waals surface area contributed by atoms with E-state index < -0.39 is 28.6 Å². The van der Waals surface area contributed by atoms with Crippen LogP contribution in [0.4, 0.5) is 15.8 Å². The lowest BCUT2D eigenvalue weighted by atomic mass is 10.0. The van der Waals surface area contributed by atoms with E-state index in [0.29, 0.717) is 5.69 Å². The molecule has 164 valence electrons. The van der Waals surface area contributed by atoms with E-state index in [2.05, 4.69) is 5.32 Å². The lowest BCUT2D eigenvalue weighted by Crippen LogP contribution is -2.39. The first-order chi connectivity index (χ1) is 15.2. The van der Waals surface area contributed by atoms with Crippen LogP contribution in [0.3, 0.4) is 0 Å². The number of rotatable bonds is 6. The summed E-state index contributed by atoms with van der Waals surface area (Å²) in [6, 6.07) is 15.2. The van der Waals surface area contributed by atoms with Gasteiger partial charge in [0.1, 0.15) is 11.9 Å². The molecule has 3 aromatic rings. The van der Waals surface area contributed by atoms with Crippen molar-refractivity contribution in [1.82, 2.24) is 4.90 Å². The molecule has 0 spiro atoms. The molecule has 0 saturated carbocycles. The lowest BCUT2D eigenvalue weighted by Gasteiger charge is -2.28. The van der Waals surface area contributed by atoms with Crippen LogP contribution in [0.25, 0.3) is 0 Å². The second-order valence-corrected chi connectivity index (χ2v) is 7.41. The summed E-state index contributed by atoms with van der Waals surface area (Å²) in [5, 5.41) is 14.1. The van der Waals surface area contributed by atoms with Crippen molar-refractivity contribution in [1.29, 1.82) is 0 Å². The zero-order valence-corrected chi connectivity index (χ0v) is 17.8. The van der Waals surface area contributed by atoms with Crippen molar-refractivity contribution >= 4 is 23.2 Å². The van der Waals surface area contributed by atoms with Crippen molar-refractivity contribution in [3.05, 3.63) is 105 Å². The van der Waals surface area contributed by atoms with Crippen molar-refractivity contribution in [2.45, 2.75) is 19.9 Å². The van der Waals surface area contributed by atoms with Crippen LogP contribution in [0.1, 0.15) is 33.1 Å². The molecule has 0 aliphatic heterocycles. The van der Waals surface area contributed by atoms with Crippen LogP contribution < -0.4 is 5.32 Å². The van der Waals surface area contributed by atoms with Crippen LogP contribution in [0, 0.1) is 29.8 Å². The first-order valence-corrected chi connectivity index (χ1v) is 9.84. The summed E-state index contributed by atoms with van der Waals surface area (Å²) in [7, 11) is 1.36. The molecule has 3 aromatic carbocycles. The van der Waals surface area contributed by atoms with Crippen molar-refractivity contribution in [2.75, 3.05) is 12.4 Å². The Balaban J connectivity index is 2.06. The maximum Gasteiger partial charge on any atom is 0.269 e. The highest BCUT2D eigenvalue weighted by Gasteiger charge is 2.31. The lowest BCUT2D eigenvalue weighted by molar-refractivity contribution is -0.384. The summed E-state index contributed by atoms with van der Waals surface area (Å²) in [6.07, 6.45) is 0. The van der Waals surface area contributed by atoms with E-state index in [9.17, 15) is 24.1 Å². The number of nitrogens with zero attached hydrogens (tertiary/aromatic N) is 2. The summed E-state index contributed by atoms with van der Waals surface area (Å²) < 4.78 is 14.3. The third-order valence-corrected chi connectivity index (χ3v) is 5.19. The number of para-hydroxylation sites is 1. The number of nitrogens with one attached hydrogen (secondary N) is 1. The first-order valence-electron chi connectivity index (χ1n) is 9.84. The fraction of sp³-hybridized carbons (Fsp3) is 0.167. The molecule has 8 heteroatoms. The van der Waals surface area contributed by atoms with Crippen molar-refractivity contribution in [3.8, 4) is 0 Å². The van der Waals surface area contributed by atoms with Gasteiger partial charge in [0.15, 0.2) is 0 Å². The highest BCUT2D eigenvalue weighted by Crippen LogP contribution is 2.28. The number of hydrogen-bond donors (Lipinski definition) is 1. The van der Waals surface area contributed by atoms with E-state index in [4.69, 9.17) is 0 Å². The molecule has 0 aliphatic rings. The van der Waals surface area contributed by atoms with Gasteiger partial charge in [0, 0.05) is 24.9 Å². The van der Waals surface area contributed by atoms with E-state index in [0.717, 1.165) is 22.1 Å². The van der Waals surface area contributed by atoms with Crippen LogP contribution in [0.2, 0.25) is 0 Å². The molecule has 0 radical (unpaired) electrons. The minimum Gasteiger partial charge on any atom is -0.325 e. The van der Waals surface area contributed by atoms with E-state index in [1.807, 2.05) is 32.0 Å². The second kappa shape index (κ2) is 9.38. The largest absolute Gasteiger partial charge is 0.325 e. The molecule has 0 aromatic heterocycles. The Labute approximate surface area is 184 Å². The highest BCUT2D eigenvalue weighted by atomic mass is 19.1. The molecule has 0 saturated heterocycles. The average molecular weight is 435 g/mol. The van der Waals surface area contributed by atoms with Crippen molar-refractivity contribution in [2.24, 2.45) is 0 Å². The molecule has 2 amide bonds. The molecule has 1 unspecified atom stereocenters. The predicted molar refractivity (Wildman–Crippen MR) is 119 cm³/mol. The molecule has 0 fully saturated rings. The number of nitro groups is 1. The Hall–Kier alpha value is -4.07. The Morgan fingerprint density at radius 3 is 2.25 bits per heavy atom. The van der Waals surface area contributed by atoms with E-state index in [1.54, 1.807) is 0 Å². The molecule has 1 N–H and O–H groups in total. The molecule has 3 rings (SSSR count). The summed E-state index contributed by atoms with van der Waals surface area (Å²) in [6.45, 7) is 3.67. The van der Waals surface area contributed by atoms with Gasteiger partial charge in [-0.15, -0.1) is 0 Å². The number of non-ortho nitro benzene ring substituents is 1. The third-order valence-electron chi connectivity index (χ3n) is 5.19. The fourth-order valence-electron chi connectivity index (χ4n) is 3.50. The van der Waals surface area contributed by atoms with Crippen molar-refractivity contribution < 1.29 is 18.9 Å². The minimum absolute atomic E-state index is 0.203. The van der Waals surface area contributed by atoms with Crippen LogP contribution in [-0.2, 0) is 4.79 Å². The Kier molecular flexibility index (Phi) is 6.63. The number of amides is 2. The first kappa shape index (κ1) is 22.6. The summed E-state index contributed by atoms with van der Waals surface area (Å²) >= 11 is 0. The number of benzene rings is 3. The maximum absolute atomic E-state index is 14.3. The van der Waals surface area contributed by atoms with Gasteiger partial charge in [0.2, 0.25) is 0 Å². The van der Waals surface area contributed by atoms with Gasteiger partial charge in [-0.25, -0.2) is 4.39 Å². The SMILES string of the molecule is Cc1cccc(C)c1NC(=O)C(c1cccc([N+](=O)[O-])c1)N(C)C(=O)c1ccccc1F. The number of halogens is 1. The summed E-state index contributed by atoms with van der Waals surface area (Å²) in [5.41, 5.74) is 2.03. The Morgan fingerprint density at radius 1 is 1.00 bits per heavy atom. The van der Waals surface area contributed by atoms with Gasteiger partial charge in [0.05, 0.1) is 10.5 Å². The summed E-state index contributed by atoms with van der Waals surface area (Å²) in [5.74, 6) is -2.02. The van der Waals surface area contributed by atoms with E-state index >= 15 is 0 Å². The third kappa shape index (κ3) is 4.64. The maximum atomic E-state index is 14.3. The molecule has 32 heavy (non-hydrogen) atoms. The van der Waals surface area contributed by atoms with Gasteiger partial charge in [-0.2, -0.15) is 0 Å². The molecule has 1 atom stereocenters. The normalized spacial score (nSPS) is 11.5. The van der Waals surface area contributed by atoms with Crippen LogP contribution in [0.15, 0.2) is 66.7 Å². The number of likely N-dealkylation sites (N-methyl/N-ethyl adjacent to an activating group) is 1. The molecule has 0 heterocycles. The molecule has 0 aliphatic carbocycles. The van der Waals surface area contributed by atoms with Crippen LogP contribution >= 0.6 is 0 Å². The van der Waals surface area contributed by atoms with Gasteiger partial charge in [-0.3, -0.25) is 19.7 Å². The van der Waals surface area contributed by atoms with Crippen molar-refractivity contribution in [3.63, 3.8) is 0 Å². The minimum atomic E-state index is -1.24. The van der Waals surface area contributed by atoms with Crippen LogP contribution in [-0.4, -0.2) is 28.7 Å². The second-order valence-electron chi connectivity index (χ2n) is 7.41. The molecule has 7 nitrogen and oxygen atoms in total. The molecule has 0 bridgehead atoms. The summed E-state index contributed by atoms with van der Waals surface area (Å²) in [4.78, 5) is 38.2. The van der Waals surface area contributed by atoms with Crippen LogP contribution in [0.5, 0.6) is 0 Å². The van der Waals surface area contributed by atoms with Gasteiger partial charge in [-0.05, 0) is 42.7 Å². The number of carbonyl (C=O) groups excluding carboxylic acids is 2. The quantitative estimate of drug-likeness (QED) is 0.445. The predicted octanol–water partition coefficient (Wildman–Crippen LogP) is 4.80. The molecular formula is C24H22FN3O4. The van der Waals surface area contributed by atoms with E-state index in [1.165, 1.54) is 49.5 Å². The molecular weight excluding hydrogens is 413 g/mol. The smallest absolute Gasteiger partial charge is 0.269 e. The highest BCUT2D eigenvalue weighted by molar-refractivity contribution is 6.02. The van der Waals surface area contributed by atoms with Gasteiger partial charge in [-0.1, -0.05) is 42.5 Å². The average Bonchev–Trinajstić information content (AvgIpc) is 2.76. The number of nitro benzene ring substituents is 1.